The van der Waals surface area contributed by atoms with Crippen LogP contribution in [0.4, 0.5) is 5.69 Å². The predicted octanol–water partition coefficient (Wildman–Crippen LogP) is 3.04. The molecule has 0 aliphatic carbocycles. The van der Waals surface area contributed by atoms with E-state index in [1.807, 2.05) is 13.8 Å². The van der Waals surface area contributed by atoms with Crippen LogP contribution in [0.25, 0.3) is 0 Å². The molecule has 0 aliphatic heterocycles. The van der Waals surface area contributed by atoms with Crippen LogP contribution in [0.1, 0.15) is 32.3 Å². The Balaban J connectivity index is 3.18. The second kappa shape index (κ2) is 6.59. The number of nitrogens with zero attached hydrogens (tertiary/aromatic N) is 1. The standard InChI is InChI=1S/C13H21ClN2O2S/c1-4-6-7-16(5-2)19(17,18)11-8-12(14)10(3)13(15)9-11/h8-9H,4-7,15H2,1-3H3. The SMILES string of the molecule is CCCCN(CC)S(=O)(=O)c1cc(N)c(C)c(Cl)c1. The van der Waals surface area contributed by atoms with E-state index in [1.165, 1.54) is 16.4 Å². The molecular formula is C13H21ClN2O2S. The molecule has 2 N–H and O–H groups in total. The summed E-state index contributed by atoms with van der Waals surface area (Å²) in [5, 5.41) is 0.380. The Labute approximate surface area is 120 Å². The van der Waals surface area contributed by atoms with Gasteiger partial charge in [-0.15, -0.1) is 0 Å². The molecule has 1 aromatic rings. The van der Waals surface area contributed by atoms with Crippen molar-refractivity contribution in [2.24, 2.45) is 0 Å². The van der Waals surface area contributed by atoms with Crippen LogP contribution < -0.4 is 5.73 Å². The minimum Gasteiger partial charge on any atom is -0.398 e. The fourth-order valence-electron chi connectivity index (χ4n) is 1.75. The van der Waals surface area contributed by atoms with Gasteiger partial charge in [-0.25, -0.2) is 8.42 Å². The van der Waals surface area contributed by atoms with E-state index < -0.39 is 10.0 Å². The summed E-state index contributed by atoms with van der Waals surface area (Å²) < 4.78 is 26.4. The number of nitrogens with two attached hydrogens (primary N) is 1. The van der Waals surface area contributed by atoms with E-state index >= 15 is 0 Å². The van der Waals surface area contributed by atoms with Crippen molar-refractivity contribution < 1.29 is 8.42 Å². The van der Waals surface area contributed by atoms with Gasteiger partial charge in [0.25, 0.3) is 0 Å². The summed E-state index contributed by atoms with van der Waals surface area (Å²) in [7, 11) is -3.52. The summed E-state index contributed by atoms with van der Waals surface area (Å²) in [6.45, 7) is 6.57. The van der Waals surface area contributed by atoms with E-state index in [2.05, 4.69) is 0 Å². The maximum absolute atomic E-state index is 12.5. The van der Waals surface area contributed by atoms with Crippen LogP contribution in [-0.4, -0.2) is 25.8 Å². The smallest absolute Gasteiger partial charge is 0.243 e. The maximum atomic E-state index is 12.5. The highest BCUT2D eigenvalue weighted by atomic mass is 35.5. The molecule has 1 aromatic carbocycles. The number of unbranched alkanes of at least 4 members (excludes halogenated alkanes) is 1. The Hall–Kier alpha value is -0.780. The fourth-order valence-corrected chi connectivity index (χ4v) is 3.60. The Morgan fingerprint density at radius 3 is 2.42 bits per heavy atom. The van der Waals surface area contributed by atoms with Crippen LogP contribution in [0.2, 0.25) is 5.02 Å². The third kappa shape index (κ3) is 3.61. The molecule has 0 saturated carbocycles. The highest BCUT2D eigenvalue weighted by Gasteiger charge is 2.23. The van der Waals surface area contributed by atoms with Gasteiger partial charge in [-0.2, -0.15) is 4.31 Å². The number of hydrogen-bond acceptors (Lipinski definition) is 3. The second-order valence-corrected chi connectivity index (χ2v) is 6.81. The third-order valence-corrected chi connectivity index (χ3v) is 5.45. The van der Waals surface area contributed by atoms with Crippen molar-refractivity contribution in [2.75, 3.05) is 18.8 Å². The van der Waals surface area contributed by atoms with Gasteiger partial charge < -0.3 is 5.73 Å². The van der Waals surface area contributed by atoms with Crippen molar-refractivity contribution in [3.05, 3.63) is 22.7 Å². The van der Waals surface area contributed by atoms with Crippen molar-refractivity contribution in [1.82, 2.24) is 4.31 Å². The lowest BCUT2D eigenvalue weighted by Gasteiger charge is -2.21. The molecule has 0 amide bonds. The predicted molar refractivity (Wildman–Crippen MR) is 79.9 cm³/mol. The molecule has 0 saturated heterocycles. The number of halogens is 1. The molecule has 6 heteroatoms. The van der Waals surface area contributed by atoms with E-state index in [4.69, 9.17) is 17.3 Å². The highest BCUT2D eigenvalue weighted by Crippen LogP contribution is 2.27. The van der Waals surface area contributed by atoms with E-state index in [-0.39, 0.29) is 4.90 Å². The first-order valence-corrected chi connectivity index (χ1v) is 8.22. The minimum absolute atomic E-state index is 0.165. The molecule has 0 spiro atoms. The van der Waals surface area contributed by atoms with Gasteiger partial charge in [-0.1, -0.05) is 31.9 Å². The molecule has 108 valence electrons. The van der Waals surface area contributed by atoms with Crippen molar-refractivity contribution in [3.8, 4) is 0 Å². The molecule has 19 heavy (non-hydrogen) atoms. The Morgan fingerprint density at radius 2 is 1.95 bits per heavy atom. The van der Waals surface area contributed by atoms with Crippen LogP contribution >= 0.6 is 11.6 Å². The monoisotopic (exact) mass is 304 g/mol. The molecule has 0 aromatic heterocycles. The van der Waals surface area contributed by atoms with Gasteiger partial charge in [0.15, 0.2) is 0 Å². The highest BCUT2D eigenvalue weighted by molar-refractivity contribution is 7.89. The lowest BCUT2D eigenvalue weighted by Crippen LogP contribution is -2.32. The van der Waals surface area contributed by atoms with Crippen LogP contribution in [0.3, 0.4) is 0 Å². The van der Waals surface area contributed by atoms with Crippen molar-refractivity contribution in [2.45, 2.75) is 38.5 Å². The molecule has 4 nitrogen and oxygen atoms in total. The number of sulfonamides is 1. The number of hydrogen-bond donors (Lipinski definition) is 1. The van der Waals surface area contributed by atoms with Gasteiger partial charge in [0, 0.05) is 23.8 Å². The first-order chi connectivity index (χ1) is 8.84. The molecule has 0 fully saturated rings. The molecule has 0 aliphatic rings. The van der Waals surface area contributed by atoms with Gasteiger partial charge in [0.2, 0.25) is 10.0 Å². The Morgan fingerprint density at radius 1 is 1.32 bits per heavy atom. The summed E-state index contributed by atoms with van der Waals surface area (Å²) >= 11 is 6.01. The summed E-state index contributed by atoms with van der Waals surface area (Å²) in [5.41, 5.74) is 6.90. The van der Waals surface area contributed by atoms with E-state index in [0.717, 1.165) is 12.8 Å². The lowest BCUT2D eigenvalue weighted by atomic mass is 10.2. The summed E-state index contributed by atoms with van der Waals surface area (Å²) in [6, 6.07) is 2.95. The maximum Gasteiger partial charge on any atom is 0.243 e. The van der Waals surface area contributed by atoms with Crippen molar-refractivity contribution in [3.63, 3.8) is 0 Å². The normalized spacial score (nSPS) is 12.1. The van der Waals surface area contributed by atoms with Crippen LogP contribution in [-0.2, 0) is 10.0 Å². The average molecular weight is 305 g/mol. The molecule has 0 radical (unpaired) electrons. The van der Waals surface area contributed by atoms with Gasteiger partial charge in [-0.05, 0) is 31.0 Å². The quantitative estimate of drug-likeness (QED) is 0.822. The third-order valence-electron chi connectivity index (χ3n) is 3.11. The van der Waals surface area contributed by atoms with E-state index in [0.29, 0.717) is 29.4 Å². The summed E-state index contributed by atoms with van der Waals surface area (Å²) in [6.07, 6.45) is 1.78. The number of anilines is 1. The number of benzene rings is 1. The molecule has 0 bridgehead atoms. The van der Waals surface area contributed by atoms with Crippen LogP contribution in [0.15, 0.2) is 17.0 Å². The topological polar surface area (TPSA) is 63.4 Å². The van der Waals surface area contributed by atoms with Crippen molar-refractivity contribution >= 4 is 27.3 Å². The van der Waals surface area contributed by atoms with E-state index in [1.54, 1.807) is 6.92 Å². The van der Waals surface area contributed by atoms with Crippen molar-refractivity contribution in [1.29, 1.82) is 0 Å². The fraction of sp³-hybridized carbons (Fsp3) is 0.538. The Kier molecular flexibility index (Phi) is 5.64. The van der Waals surface area contributed by atoms with Crippen LogP contribution in [0, 0.1) is 6.92 Å². The van der Waals surface area contributed by atoms with Gasteiger partial charge in [-0.3, -0.25) is 0 Å². The largest absolute Gasteiger partial charge is 0.398 e. The molecule has 1 rings (SSSR count). The average Bonchev–Trinajstić information content (AvgIpc) is 2.36. The zero-order chi connectivity index (χ0) is 14.6. The first-order valence-electron chi connectivity index (χ1n) is 6.40. The molecule has 0 heterocycles. The zero-order valence-corrected chi connectivity index (χ0v) is 13.2. The molecule has 0 atom stereocenters. The second-order valence-electron chi connectivity index (χ2n) is 4.47. The van der Waals surface area contributed by atoms with E-state index in [9.17, 15) is 8.42 Å². The summed E-state index contributed by atoms with van der Waals surface area (Å²) in [5.74, 6) is 0. The number of rotatable bonds is 6. The molecular weight excluding hydrogens is 284 g/mol. The van der Waals surface area contributed by atoms with Gasteiger partial charge in [0.1, 0.15) is 0 Å². The summed E-state index contributed by atoms with van der Waals surface area (Å²) in [4.78, 5) is 0.165. The minimum atomic E-state index is -3.52. The Bertz CT molecular complexity index is 521. The van der Waals surface area contributed by atoms with Gasteiger partial charge in [0.05, 0.1) is 4.90 Å². The molecule has 0 unspecified atom stereocenters. The zero-order valence-electron chi connectivity index (χ0n) is 11.6. The first kappa shape index (κ1) is 16.3. The lowest BCUT2D eigenvalue weighted by molar-refractivity contribution is 0.419. The number of nitrogen functional groups attached to an aromatic ring is 1. The van der Waals surface area contributed by atoms with Crippen LogP contribution in [0.5, 0.6) is 0 Å². The van der Waals surface area contributed by atoms with Gasteiger partial charge >= 0.3 is 0 Å².